The van der Waals surface area contributed by atoms with E-state index in [1.54, 1.807) is 12.1 Å². The molecule has 0 spiro atoms. The number of halogens is 3. The number of aromatic nitrogens is 2. The lowest BCUT2D eigenvalue weighted by Gasteiger charge is -2.47. The monoisotopic (exact) mass is 510 g/mol. The zero-order valence-electron chi connectivity index (χ0n) is 20.8. The predicted octanol–water partition coefficient (Wildman–Crippen LogP) is 7.83. The largest absolute Gasteiger partial charge is 0.364 e. The molecule has 190 valence electrons. The van der Waals surface area contributed by atoms with Gasteiger partial charge in [-0.2, -0.15) is 0 Å². The molecule has 4 nitrogen and oxygen atoms in total. The molecule has 3 aliphatic carbocycles. The minimum atomic E-state index is -0.757. The van der Waals surface area contributed by atoms with Gasteiger partial charge in [-0.05, 0) is 61.6 Å². The van der Waals surface area contributed by atoms with Crippen molar-refractivity contribution in [2.24, 2.45) is 17.8 Å². The summed E-state index contributed by atoms with van der Waals surface area (Å²) in [6.45, 7) is 10.1. The minimum Gasteiger partial charge on any atom is -0.364 e. The molecule has 0 amide bonds. The maximum Gasteiger partial charge on any atom is 0.231 e. The fourth-order valence-corrected chi connectivity index (χ4v) is 6.23. The number of benzene rings is 2. The second-order valence-electron chi connectivity index (χ2n) is 10.3. The molecule has 3 saturated carbocycles. The van der Waals surface area contributed by atoms with Crippen LogP contribution in [0.3, 0.4) is 0 Å². The fraction of sp³-hybridized carbons (Fsp3) is 0.290. The minimum absolute atomic E-state index is 0.0142. The number of fused-ring (bicyclic) bond motifs is 4. The topological polar surface area (TPSA) is 45.1 Å². The Kier molecular flexibility index (Phi) is 6.08. The zero-order chi connectivity index (χ0) is 26.4. The lowest BCUT2D eigenvalue weighted by Crippen LogP contribution is -2.47. The van der Waals surface area contributed by atoms with E-state index in [1.807, 2.05) is 18.2 Å². The van der Waals surface area contributed by atoms with Crippen LogP contribution in [0.15, 0.2) is 48.7 Å². The van der Waals surface area contributed by atoms with Crippen LogP contribution >= 0.6 is 0 Å². The highest BCUT2D eigenvalue weighted by molar-refractivity contribution is 5.99. The van der Waals surface area contributed by atoms with Crippen molar-refractivity contribution in [1.82, 2.24) is 9.97 Å². The Balaban J connectivity index is 1.55. The van der Waals surface area contributed by atoms with Gasteiger partial charge in [-0.3, -0.25) is 0 Å². The Hall–Kier alpha value is -4.23. The van der Waals surface area contributed by atoms with Crippen LogP contribution in [0, 0.1) is 53.6 Å². The van der Waals surface area contributed by atoms with E-state index in [4.69, 9.17) is 6.57 Å². The molecule has 2 N–H and O–H groups in total. The number of nitrogens with zero attached hydrogens (tertiary/aromatic N) is 2. The van der Waals surface area contributed by atoms with Crippen LogP contribution in [0.5, 0.6) is 0 Å². The highest BCUT2D eigenvalue weighted by atomic mass is 19.1. The van der Waals surface area contributed by atoms with E-state index in [0.717, 1.165) is 18.9 Å². The lowest BCUT2D eigenvalue weighted by molar-refractivity contribution is 0.0926. The van der Waals surface area contributed by atoms with Crippen molar-refractivity contribution in [3.63, 3.8) is 0 Å². The average molecular weight is 511 g/mol. The number of nitrogens with one attached hydrogen (secondary N) is 2. The first-order chi connectivity index (χ1) is 18.4. The van der Waals surface area contributed by atoms with Crippen molar-refractivity contribution in [2.75, 3.05) is 5.32 Å². The molecule has 2 atom stereocenters. The summed E-state index contributed by atoms with van der Waals surface area (Å²) in [6, 6.07) is 11.1. The third kappa shape index (κ3) is 4.09. The molecule has 0 radical (unpaired) electrons. The molecule has 7 heteroatoms. The maximum absolute atomic E-state index is 16.1. The number of rotatable bonds is 3. The number of hydrogen-bond acceptors (Lipinski definition) is 2. The van der Waals surface area contributed by atoms with Gasteiger partial charge in [-0.25, -0.2) is 23.0 Å². The number of aromatic amines is 1. The Bertz CT molecular complexity index is 1630. The van der Waals surface area contributed by atoms with Crippen LogP contribution in [0.1, 0.15) is 43.7 Å². The molecule has 3 fully saturated rings. The Labute approximate surface area is 219 Å². The third-order valence-corrected chi connectivity index (χ3v) is 8.23. The predicted molar refractivity (Wildman–Crippen MR) is 142 cm³/mol. The van der Waals surface area contributed by atoms with E-state index >= 15 is 4.39 Å². The average Bonchev–Trinajstić information content (AvgIpc) is 3.35. The van der Waals surface area contributed by atoms with Crippen LogP contribution < -0.4 is 5.32 Å². The number of hydrogen-bond donors (Lipinski definition) is 2. The summed E-state index contributed by atoms with van der Waals surface area (Å²) in [5, 5.41) is 3.60. The summed E-state index contributed by atoms with van der Waals surface area (Å²) < 4.78 is 44.8. The summed E-state index contributed by atoms with van der Waals surface area (Å²) in [4.78, 5) is 11.0. The van der Waals surface area contributed by atoms with Gasteiger partial charge in [-0.1, -0.05) is 37.0 Å². The second kappa shape index (κ2) is 9.58. The molecule has 7 rings (SSSR count). The first-order valence-corrected chi connectivity index (χ1v) is 12.9. The van der Waals surface area contributed by atoms with E-state index in [9.17, 15) is 8.78 Å². The van der Waals surface area contributed by atoms with Gasteiger partial charge in [0, 0.05) is 34.8 Å². The highest BCUT2D eigenvalue weighted by Crippen LogP contribution is 2.47. The van der Waals surface area contributed by atoms with Crippen molar-refractivity contribution in [2.45, 2.75) is 38.6 Å². The molecule has 2 bridgehead atoms. The highest BCUT2D eigenvalue weighted by Gasteiger charge is 2.41. The molecule has 0 aliphatic heterocycles. The van der Waals surface area contributed by atoms with Crippen molar-refractivity contribution < 1.29 is 13.2 Å². The summed E-state index contributed by atoms with van der Waals surface area (Å²) in [7, 11) is 0. The van der Waals surface area contributed by atoms with E-state index in [-0.39, 0.29) is 39.7 Å². The smallest absolute Gasteiger partial charge is 0.231 e. The fourth-order valence-electron chi connectivity index (χ4n) is 6.23. The normalized spacial score (nSPS) is 22.1. The van der Waals surface area contributed by atoms with Crippen LogP contribution in [0.25, 0.3) is 27.0 Å². The molecule has 2 aromatic heterocycles. The van der Waals surface area contributed by atoms with Gasteiger partial charge in [0.2, 0.25) is 5.69 Å². The summed E-state index contributed by atoms with van der Waals surface area (Å²) in [6.07, 6.45) is 6.02. The van der Waals surface area contributed by atoms with Gasteiger partial charge in [0.15, 0.2) is 11.6 Å². The van der Waals surface area contributed by atoms with Gasteiger partial charge < -0.3 is 10.3 Å². The van der Waals surface area contributed by atoms with Gasteiger partial charge >= 0.3 is 0 Å². The first-order valence-electron chi connectivity index (χ1n) is 12.9. The van der Waals surface area contributed by atoms with E-state index in [0.29, 0.717) is 28.9 Å². The molecule has 2 aromatic carbocycles. The number of H-pyrrole nitrogens is 1. The Morgan fingerprint density at radius 3 is 2.47 bits per heavy atom. The van der Waals surface area contributed by atoms with Gasteiger partial charge in [-0.15, -0.1) is 0 Å². The molecular formula is C31H25F3N4. The SMILES string of the molecule is [C-]#[N+]c1c(-c2c[nH]c3c(F)cc(F)cc23)nc(N[C@H]2C3CCC(CC3)[C@@H]2C)c(F)c1C#Cc1ccccc1. The third-order valence-electron chi connectivity index (χ3n) is 8.23. The first kappa shape index (κ1) is 24.1. The van der Waals surface area contributed by atoms with Gasteiger partial charge in [0.25, 0.3) is 0 Å². The van der Waals surface area contributed by atoms with Crippen molar-refractivity contribution >= 4 is 22.4 Å². The quantitative estimate of drug-likeness (QED) is 0.218. The molecule has 0 unspecified atom stereocenters. The standard InChI is InChI=1S/C31H25F3N4/c1-17-19-9-11-20(12-10-19)27(17)37-31-26(34)22(13-8-18-6-4-3-5-7-18)29(35-2)30(38-31)24-16-36-28-23(24)14-21(32)15-25(28)33/h3-7,14-17,19-20,27,36H,9-12H2,1H3,(H,37,38)/t17-,19?,20?,27+/m0/s1. The van der Waals surface area contributed by atoms with Crippen LogP contribution in [-0.4, -0.2) is 16.0 Å². The Morgan fingerprint density at radius 1 is 1.03 bits per heavy atom. The molecule has 4 aromatic rings. The molecule has 3 aliphatic rings. The Morgan fingerprint density at radius 2 is 1.76 bits per heavy atom. The molecular weight excluding hydrogens is 485 g/mol. The van der Waals surface area contributed by atoms with E-state index in [1.165, 1.54) is 25.1 Å². The maximum atomic E-state index is 16.1. The van der Waals surface area contributed by atoms with Gasteiger partial charge in [0.05, 0.1) is 23.3 Å². The van der Waals surface area contributed by atoms with Crippen LogP contribution in [0.2, 0.25) is 0 Å². The second-order valence-corrected chi connectivity index (χ2v) is 10.3. The van der Waals surface area contributed by atoms with E-state index < -0.39 is 17.5 Å². The molecule has 38 heavy (non-hydrogen) atoms. The van der Waals surface area contributed by atoms with Crippen LogP contribution in [-0.2, 0) is 0 Å². The van der Waals surface area contributed by atoms with Crippen molar-refractivity contribution in [3.05, 3.63) is 88.7 Å². The van der Waals surface area contributed by atoms with E-state index in [2.05, 4.69) is 38.9 Å². The molecule has 2 heterocycles. The molecule has 0 saturated heterocycles. The van der Waals surface area contributed by atoms with Gasteiger partial charge in [0.1, 0.15) is 11.6 Å². The van der Waals surface area contributed by atoms with Crippen molar-refractivity contribution in [1.29, 1.82) is 0 Å². The summed E-state index contributed by atoms with van der Waals surface area (Å²) >= 11 is 0. The number of anilines is 1. The zero-order valence-corrected chi connectivity index (χ0v) is 20.8. The lowest BCUT2D eigenvalue weighted by atomic mass is 9.62. The number of pyridine rings is 1. The summed E-state index contributed by atoms with van der Waals surface area (Å²) in [5.74, 6) is 4.99. The van der Waals surface area contributed by atoms with Crippen molar-refractivity contribution in [3.8, 4) is 23.1 Å². The van der Waals surface area contributed by atoms with Crippen LogP contribution in [0.4, 0.5) is 24.7 Å². The summed E-state index contributed by atoms with van der Waals surface area (Å²) in [5.41, 5.74) is 1.02.